The Kier molecular flexibility index (Phi) is 5.96. The van der Waals surface area contributed by atoms with Crippen LogP contribution in [0.4, 0.5) is 0 Å². The van der Waals surface area contributed by atoms with Gasteiger partial charge < -0.3 is 19.0 Å². The number of hydrogen-bond acceptors (Lipinski definition) is 5. The van der Waals surface area contributed by atoms with Gasteiger partial charge >= 0.3 is 0 Å². The van der Waals surface area contributed by atoms with Crippen molar-refractivity contribution in [1.82, 2.24) is 10.2 Å². The highest BCUT2D eigenvalue weighted by Gasteiger charge is 2.31. The van der Waals surface area contributed by atoms with Gasteiger partial charge in [-0.25, -0.2) is 0 Å². The smallest absolute Gasteiger partial charge is 0.274 e. The number of methoxy groups -OCH3 is 1. The van der Waals surface area contributed by atoms with Crippen LogP contribution in [0, 0.1) is 0 Å². The number of aromatic nitrogens is 2. The molecule has 1 aliphatic rings. The van der Waals surface area contributed by atoms with Crippen LogP contribution in [0.2, 0.25) is 4.34 Å². The molecule has 0 aliphatic carbocycles. The lowest BCUT2D eigenvalue weighted by Gasteiger charge is -2.31. The Hall–Kier alpha value is -1.93. The first kappa shape index (κ1) is 19.4. The zero-order valence-electron chi connectivity index (χ0n) is 16.1. The van der Waals surface area contributed by atoms with Crippen molar-refractivity contribution >= 4 is 22.9 Å². The minimum atomic E-state index is 0.192. The highest BCUT2D eigenvalue weighted by atomic mass is 35.5. The molecule has 4 rings (SSSR count). The van der Waals surface area contributed by atoms with E-state index in [4.69, 9.17) is 20.8 Å². The van der Waals surface area contributed by atoms with E-state index in [1.165, 1.54) is 9.78 Å². The van der Waals surface area contributed by atoms with Crippen molar-refractivity contribution in [3.05, 3.63) is 51.5 Å². The van der Waals surface area contributed by atoms with Crippen molar-refractivity contribution in [1.29, 1.82) is 0 Å². The maximum Gasteiger partial charge on any atom is 0.274 e. The maximum atomic E-state index is 6.05. The number of thiophene rings is 1. The highest BCUT2D eigenvalue weighted by molar-refractivity contribution is 7.16. The average Bonchev–Trinajstić information content (AvgIpc) is 3.37. The summed E-state index contributed by atoms with van der Waals surface area (Å²) in [5, 5.41) is 8.56. The lowest BCUT2D eigenvalue weighted by Crippen LogP contribution is -3.27. The minimum Gasteiger partial charge on any atom is -0.497 e. The van der Waals surface area contributed by atoms with Crippen LogP contribution >= 0.6 is 22.9 Å². The molecule has 1 aromatic carbocycles. The van der Waals surface area contributed by atoms with Crippen molar-refractivity contribution in [2.75, 3.05) is 33.3 Å². The monoisotopic (exact) mass is 420 g/mol. The first-order chi connectivity index (χ1) is 13.6. The maximum absolute atomic E-state index is 6.05. The Balaban J connectivity index is 1.35. The van der Waals surface area contributed by atoms with Gasteiger partial charge in [-0.2, -0.15) is 0 Å². The third-order valence-electron chi connectivity index (χ3n) is 5.41. The molecule has 1 saturated heterocycles. The first-order valence-electron chi connectivity index (χ1n) is 9.52. The van der Waals surface area contributed by atoms with Crippen LogP contribution in [0.3, 0.4) is 0 Å². The Morgan fingerprint density at radius 3 is 2.50 bits per heavy atom. The van der Waals surface area contributed by atoms with E-state index in [1.54, 1.807) is 23.3 Å². The van der Waals surface area contributed by atoms with Gasteiger partial charge in [-0.1, -0.05) is 11.6 Å². The topological polar surface area (TPSA) is 57.0 Å². The molecule has 0 amide bonds. The Bertz CT molecular complexity index is 903. The summed E-state index contributed by atoms with van der Waals surface area (Å²) in [5.41, 5.74) is 0.908. The summed E-state index contributed by atoms with van der Waals surface area (Å²) in [6, 6.07) is 12.0. The summed E-state index contributed by atoms with van der Waals surface area (Å²) >= 11 is 7.73. The molecule has 3 heterocycles. The van der Waals surface area contributed by atoms with Crippen LogP contribution in [0.1, 0.15) is 23.7 Å². The van der Waals surface area contributed by atoms with E-state index in [0.29, 0.717) is 11.8 Å². The fourth-order valence-electron chi connectivity index (χ4n) is 3.66. The molecular weight excluding hydrogens is 396 g/mol. The normalized spacial score (nSPS) is 20.8. The van der Waals surface area contributed by atoms with E-state index in [9.17, 15) is 0 Å². The molecule has 1 atom stereocenters. The third-order valence-corrected chi connectivity index (χ3v) is 6.64. The van der Waals surface area contributed by atoms with E-state index in [0.717, 1.165) is 48.4 Å². The molecule has 1 fully saturated rings. The second-order valence-electron chi connectivity index (χ2n) is 7.19. The van der Waals surface area contributed by atoms with Crippen molar-refractivity contribution in [2.24, 2.45) is 0 Å². The molecule has 6 nitrogen and oxygen atoms in total. The lowest BCUT2D eigenvalue weighted by atomic mass is 10.2. The second-order valence-corrected chi connectivity index (χ2v) is 8.99. The van der Waals surface area contributed by atoms with Gasteiger partial charge in [-0.05, 0) is 43.3 Å². The number of benzene rings is 1. The summed E-state index contributed by atoms with van der Waals surface area (Å²) in [6.07, 6.45) is 0. The van der Waals surface area contributed by atoms with E-state index < -0.39 is 0 Å². The van der Waals surface area contributed by atoms with Gasteiger partial charge in [0.1, 0.15) is 38.5 Å². The van der Waals surface area contributed by atoms with Crippen LogP contribution in [0.5, 0.6) is 5.75 Å². The minimum absolute atomic E-state index is 0.192. The fourth-order valence-corrected chi connectivity index (χ4v) is 4.82. The molecule has 3 aromatic rings. The van der Waals surface area contributed by atoms with E-state index in [1.807, 2.05) is 30.3 Å². The van der Waals surface area contributed by atoms with Crippen molar-refractivity contribution in [2.45, 2.75) is 19.5 Å². The molecule has 0 saturated carbocycles. The Morgan fingerprint density at radius 2 is 1.86 bits per heavy atom. The molecule has 28 heavy (non-hydrogen) atoms. The number of nitrogens with one attached hydrogen (secondary N) is 2. The van der Waals surface area contributed by atoms with E-state index in [2.05, 4.69) is 23.2 Å². The van der Waals surface area contributed by atoms with Crippen molar-refractivity contribution in [3.63, 3.8) is 0 Å². The summed E-state index contributed by atoms with van der Waals surface area (Å²) in [5.74, 6) is 2.07. The SMILES string of the molecule is COc1ccc(-c2nnc([C@@H](C)[NH+]3CC[NH+](Cc4ccc(Cl)s4)CC3)o2)cc1. The fraction of sp³-hybridized carbons (Fsp3) is 0.400. The van der Waals surface area contributed by atoms with E-state index >= 15 is 0 Å². The highest BCUT2D eigenvalue weighted by Crippen LogP contribution is 2.22. The van der Waals surface area contributed by atoms with Crippen LogP contribution in [-0.2, 0) is 6.54 Å². The lowest BCUT2D eigenvalue weighted by molar-refractivity contribution is -1.03. The molecule has 0 spiro atoms. The number of halogens is 1. The van der Waals surface area contributed by atoms with Crippen LogP contribution in [-0.4, -0.2) is 43.5 Å². The van der Waals surface area contributed by atoms with Crippen LogP contribution in [0.15, 0.2) is 40.8 Å². The molecule has 2 N–H and O–H groups in total. The molecule has 1 aliphatic heterocycles. The van der Waals surface area contributed by atoms with Gasteiger partial charge in [0.15, 0.2) is 6.04 Å². The van der Waals surface area contributed by atoms with Crippen LogP contribution < -0.4 is 14.5 Å². The van der Waals surface area contributed by atoms with Crippen molar-refractivity contribution in [3.8, 4) is 17.2 Å². The van der Waals surface area contributed by atoms with Gasteiger partial charge in [0, 0.05) is 5.56 Å². The van der Waals surface area contributed by atoms with Gasteiger partial charge in [0.2, 0.25) is 5.89 Å². The molecule has 0 unspecified atom stereocenters. The zero-order chi connectivity index (χ0) is 19.5. The largest absolute Gasteiger partial charge is 0.497 e. The Labute approximate surface area is 173 Å². The number of rotatable bonds is 6. The molecule has 148 valence electrons. The van der Waals surface area contributed by atoms with Gasteiger partial charge in [0.25, 0.3) is 5.89 Å². The number of ether oxygens (including phenoxy) is 1. The summed E-state index contributed by atoms with van der Waals surface area (Å²) < 4.78 is 12.0. The standard InChI is InChI=1S/C20H23ClN4O2S/c1-14(19-22-23-20(27-19)15-3-5-16(26-2)6-4-15)25-11-9-24(10-12-25)13-17-7-8-18(21)28-17/h3-8,14H,9-13H2,1-2H3/p+2/t14-/m1/s1. The number of hydrogen-bond donors (Lipinski definition) is 2. The number of piperazine rings is 1. The van der Waals surface area contributed by atoms with E-state index in [-0.39, 0.29) is 6.04 Å². The first-order valence-corrected chi connectivity index (χ1v) is 10.7. The second kappa shape index (κ2) is 8.61. The predicted molar refractivity (Wildman–Crippen MR) is 109 cm³/mol. The van der Waals surface area contributed by atoms with Gasteiger partial charge in [0.05, 0.1) is 16.3 Å². The van der Waals surface area contributed by atoms with Gasteiger partial charge in [-0.15, -0.1) is 21.5 Å². The van der Waals surface area contributed by atoms with Crippen LogP contribution in [0.25, 0.3) is 11.5 Å². The molecule has 0 radical (unpaired) electrons. The summed E-state index contributed by atoms with van der Waals surface area (Å²) in [4.78, 5) is 4.47. The predicted octanol–water partition coefficient (Wildman–Crippen LogP) is 1.50. The third kappa shape index (κ3) is 4.38. The number of nitrogens with zero attached hydrogens (tertiary/aromatic N) is 2. The average molecular weight is 421 g/mol. The van der Waals surface area contributed by atoms with Crippen molar-refractivity contribution < 1.29 is 19.0 Å². The molecular formula is C20H25ClN4O2S+2. The molecule has 8 heteroatoms. The quantitative estimate of drug-likeness (QED) is 0.634. The summed E-state index contributed by atoms with van der Waals surface area (Å²) in [6.45, 7) is 7.68. The molecule has 2 aromatic heterocycles. The zero-order valence-corrected chi connectivity index (χ0v) is 17.6. The van der Waals surface area contributed by atoms with Gasteiger partial charge in [-0.3, -0.25) is 0 Å². The Morgan fingerprint density at radius 1 is 1.11 bits per heavy atom. The molecule has 0 bridgehead atoms. The number of quaternary nitrogens is 2. The summed E-state index contributed by atoms with van der Waals surface area (Å²) in [7, 11) is 1.65.